The van der Waals surface area contributed by atoms with Gasteiger partial charge in [-0.2, -0.15) is 0 Å². The molecule has 0 amide bonds. The Morgan fingerprint density at radius 2 is 2.05 bits per heavy atom. The van der Waals surface area contributed by atoms with E-state index in [-0.39, 0.29) is 24.0 Å². The largest absolute Gasteiger partial charge is 0.392 e. The van der Waals surface area contributed by atoms with Crippen LogP contribution in [-0.2, 0) is 0 Å². The molecule has 2 nitrogen and oxygen atoms in total. The van der Waals surface area contributed by atoms with Crippen molar-refractivity contribution >= 4 is 11.8 Å². The standard InChI is InChI=1S/C15H20FNOS/c16-11-5-3-4-10-12(8-9-19-15(10)11)17-13-6-1-2-7-14(13)18/h3-5,12-14,17-18H,1-2,6-9H2. The Morgan fingerprint density at radius 3 is 2.89 bits per heavy atom. The number of fused-ring (bicyclic) bond motifs is 1. The topological polar surface area (TPSA) is 32.3 Å². The number of hydrogen-bond donors (Lipinski definition) is 2. The van der Waals surface area contributed by atoms with Crippen LogP contribution in [0.5, 0.6) is 0 Å². The van der Waals surface area contributed by atoms with Gasteiger partial charge in [-0.3, -0.25) is 0 Å². The van der Waals surface area contributed by atoms with Gasteiger partial charge in [-0.05, 0) is 36.6 Å². The number of hydrogen-bond acceptors (Lipinski definition) is 3. The molecule has 4 heteroatoms. The molecule has 1 aromatic rings. The maximum atomic E-state index is 13.8. The van der Waals surface area contributed by atoms with E-state index in [2.05, 4.69) is 5.32 Å². The Labute approximate surface area is 117 Å². The van der Waals surface area contributed by atoms with Gasteiger partial charge in [0.05, 0.1) is 6.10 Å². The van der Waals surface area contributed by atoms with Crippen LogP contribution in [0.25, 0.3) is 0 Å². The normalized spacial score (nSPS) is 30.9. The fraction of sp³-hybridized carbons (Fsp3) is 0.600. The van der Waals surface area contributed by atoms with Crippen molar-refractivity contribution in [1.29, 1.82) is 0 Å². The van der Waals surface area contributed by atoms with Crippen LogP contribution in [-0.4, -0.2) is 23.0 Å². The quantitative estimate of drug-likeness (QED) is 0.873. The molecule has 104 valence electrons. The molecule has 19 heavy (non-hydrogen) atoms. The average molecular weight is 281 g/mol. The van der Waals surface area contributed by atoms with Crippen molar-refractivity contribution in [2.24, 2.45) is 0 Å². The molecule has 1 heterocycles. The zero-order valence-electron chi connectivity index (χ0n) is 10.9. The number of aliphatic hydroxyl groups is 1. The predicted octanol–water partition coefficient (Wildman–Crippen LogP) is 3.26. The van der Waals surface area contributed by atoms with Crippen molar-refractivity contribution in [2.75, 3.05) is 5.75 Å². The highest BCUT2D eigenvalue weighted by molar-refractivity contribution is 7.99. The lowest BCUT2D eigenvalue weighted by Gasteiger charge is -2.34. The maximum absolute atomic E-state index is 13.8. The first-order valence-corrected chi connectivity index (χ1v) is 8.09. The molecule has 1 aliphatic heterocycles. The van der Waals surface area contributed by atoms with Gasteiger partial charge in [-0.25, -0.2) is 4.39 Å². The number of halogens is 1. The Morgan fingerprint density at radius 1 is 1.21 bits per heavy atom. The van der Waals surface area contributed by atoms with Crippen LogP contribution < -0.4 is 5.32 Å². The SMILES string of the molecule is OC1CCCCC1NC1CCSc2c(F)cccc21. The van der Waals surface area contributed by atoms with Gasteiger partial charge in [-0.1, -0.05) is 25.0 Å². The first-order chi connectivity index (χ1) is 9.25. The van der Waals surface area contributed by atoms with Crippen LogP contribution in [0, 0.1) is 5.82 Å². The van der Waals surface area contributed by atoms with Gasteiger partial charge in [0.2, 0.25) is 0 Å². The number of aliphatic hydroxyl groups excluding tert-OH is 1. The minimum atomic E-state index is -0.250. The number of nitrogens with one attached hydrogen (secondary N) is 1. The molecule has 1 aromatic carbocycles. The molecule has 0 aromatic heterocycles. The molecule has 1 aliphatic carbocycles. The zero-order valence-corrected chi connectivity index (χ0v) is 11.8. The fourth-order valence-electron chi connectivity index (χ4n) is 3.12. The summed E-state index contributed by atoms with van der Waals surface area (Å²) in [4.78, 5) is 0.788. The first kappa shape index (κ1) is 13.4. The lowest BCUT2D eigenvalue weighted by Crippen LogP contribution is -2.44. The number of rotatable bonds is 2. The lowest BCUT2D eigenvalue weighted by molar-refractivity contribution is 0.0842. The van der Waals surface area contributed by atoms with E-state index < -0.39 is 0 Å². The number of benzene rings is 1. The third-order valence-corrected chi connectivity index (χ3v) is 5.33. The maximum Gasteiger partial charge on any atom is 0.137 e. The lowest BCUT2D eigenvalue weighted by atomic mass is 9.91. The van der Waals surface area contributed by atoms with Crippen LogP contribution in [0.15, 0.2) is 23.1 Å². The van der Waals surface area contributed by atoms with E-state index in [0.29, 0.717) is 0 Å². The van der Waals surface area contributed by atoms with Gasteiger partial charge >= 0.3 is 0 Å². The van der Waals surface area contributed by atoms with E-state index >= 15 is 0 Å². The molecule has 0 radical (unpaired) electrons. The second kappa shape index (κ2) is 5.81. The molecule has 3 rings (SSSR count). The highest BCUT2D eigenvalue weighted by Crippen LogP contribution is 2.38. The molecular formula is C15H20FNOS. The van der Waals surface area contributed by atoms with Gasteiger partial charge in [-0.15, -0.1) is 11.8 Å². The average Bonchev–Trinajstić information content (AvgIpc) is 2.42. The van der Waals surface area contributed by atoms with E-state index in [0.717, 1.165) is 41.9 Å². The summed E-state index contributed by atoms with van der Waals surface area (Å²) in [7, 11) is 0. The molecule has 3 unspecified atom stereocenters. The second-order valence-electron chi connectivity index (χ2n) is 5.47. The summed E-state index contributed by atoms with van der Waals surface area (Å²) < 4.78 is 13.8. The van der Waals surface area contributed by atoms with Gasteiger partial charge < -0.3 is 10.4 Å². The van der Waals surface area contributed by atoms with Gasteiger partial charge in [0.25, 0.3) is 0 Å². The van der Waals surface area contributed by atoms with Crippen LogP contribution >= 0.6 is 11.8 Å². The van der Waals surface area contributed by atoms with Gasteiger partial charge in [0, 0.05) is 17.0 Å². The Bertz CT molecular complexity index is 454. The zero-order chi connectivity index (χ0) is 13.2. The van der Waals surface area contributed by atoms with Gasteiger partial charge in [0.15, 0.2) is 0 Å². The summed E-state index contributed by atoms with van der Waals surface area (Å²) in [6.45, 7) is 0. The van der Waals surface area contributed by atoms with Crippen molar-refractivity contribution in [1.82, 2.24) is 5.32 Å². The van der Waals surface area contributed by atoms with Crippen molar-refractivity contribution in [3.63, 3.8) is 0 Å². The summed E-state index contributed by atoms with van der Waals surface area (Å²) in [5.41, 5.74) is 1.06. The summed E-state index contributed by atoms with van der Waals surface area (Å²) in [6.07, 6.45) is 4.95. The Balaban J connectivity index is 1.78. The number of thioether (sulfide) groups is 1. The van der Waals surface area contributed by atoms with Crippen LogP contribution in [0.1, 0.15) is 43.7 Å². The monoisotopic (exact) mass is 281 g/mol. The highest BCUT2D eigenvalue weighted by atomic mass is 32.2. The predicted molar refractivity (Wildman–Crippen MR) is 75.9 cm³/mol. The van der Waals surface area contributed by atoms with Crippen molar-refractivity contribution in [2.45, 2.75) is 55.2 Å². The van der Waals surface area contributed by atoms with Crippen molar-refractivity contribution in [3.8, 4) is 0 Å². The second-order valence-corrected chi connectivity index (χ2v) is 6.58. The van der Waals surface area contributed by atoms with Gasteiger partial charge in [0.1, 0.15) is 5.82 Å². The molecule has 1 saturated carbocycles. The minimum absolute atomic E-state index is 0.113. The first-order valence-electron chi connectivity index (χ1n) is 7.11. The molecule has 0 saturated heterocycles. The summed E-state index contributed by atoms with van der Waals surface area (Å²) in [5.74, 6) is 0.826. The van der Waals surface area contributed by atoms with E-state index in [1.807, 2.05) is 6.07 Å². The Hall–Kier alpha value is -0.580. The Kier molecular flexibility index (Phi) is 4.10. The van der Waals surface area contributed by atoms with Crippen molar-refractivity contribution in [3.05, 3.63) is 29.6 Å². The van der Waals surface area contributed by atoms with E-state index in [1.54, 1.807) is 17.8 Å². The summed E-state index contributed by atoms with van der Waals surface area (Å²) in [5, 5.41) is 13.6. The molecular weight excluding hydrogens is 261 g/mol. The molecule has 1 fully saturated rings. The third kappa shape index (κ3) is 2.81. The molecule has 0 bridgehead atoms. The van der Waals surface area contributed by atoms with Crippen LogP contribution in [0.4, 0.5) is 4.39 Å². The molecule has 0 spiro atoms. The van der Waals surface area contributed by atoms with Crippen molar-refractivity contribution < 1.29 is 9.50 Å². The summed E-state index contributed by atoms with van der Waals surface area (Å²) in [6, 6.07) is 5.68. The van der Waals surface area contributed by atoms with Crippen LogP contribution in [0.2, 0.25) is 0 Å². The van der Waals surface area contributed by atoms with E-state index in [4.69, 9.17) is 0 Å². The van der Waals surface area contributed by atoms with E-state index in [9.17, 15) is 9.50 Å². The molecule has 2 aliphatic rings. The molecule has 3 atom stereocenters. The smallest absolute Gasteiger partial charge is 0.137 e. The van der Waals surface area contributed by atoms with E-state index in [1.165, 1.54) is 12.5 Å². The fourth-order valence-corrected chi connectivity index (χ4v) is 4.26. The molecule has 2 N–H and O–H groups in total. The summed E-state index contributed by atoms with van der Waals surface area (Å²) >= 11 is 1.60. The minimum Gasteiger partial charge on any atom is -0.392 e. The van der Waals surface area contributed by atoms with Crippen LogP contribution in [0.3, 0.4) is 0 Å². The highest BCUT2D eigenvalue weighted by Gasteiger charge is 2.29. The third-order valence-electron chi connectivity index (χ3n) is 4.17.